The third-order valence-corrected chi connectivity index (χ3v) is 13.0. The van der Waals surface area contributed by atoms with Gasteiger partial charge in [-0.1, -0.05) is 127 Å². The van der Waals surface area contributed by atoms with Gasteiger partial charge in [0.1, 0.15) is 0 Å². The molecule has 58 heavy (non-hydrogen) atoms. The van der Waals surface area contributed by atoms with Gasteiger partial charge in [-0.15, -0.1) is 0 Å². The fourth-order valence-corrected chi connectivity index (χ4v) is 10.7. The monoisotopic (exact) mass is 733 g/mol. The number of hydrogen-bond acceptors (Lipinski definition) is 1. The molecule has 0 spiro atoms. The summed E-state index contributed by atoms with van der Waals surface area (Å²) < 4.78 is 4.99. The Labute approximate surface area is 333 Å². The van der Waals surface area contributed by atoms with E-state index in [1.807, 2.05) is 12.3 Å². The van der Waals surface area contributed by atoms with Crippen LogP contribution < -0.4 is 0 Å². The summed E-state index contributed by atoms with van der Waals surface area (Å²) in [5.41, 5.74) is 19.4. The topological polar surface area (TPSA) is 22.8 Å². The van der Waals surface area contributed by atoms with Crippen molar-refractivity contribution in [2.45, 2.75) is 0 Å². The Kier molecular flexibility index (Phi) is 5.76. The van der Waals surface area contributed by atoms with E-state index in [-0.39, 0.29) is 0 Å². The number of rotatable bonds is 3. The van der Waals surface area contributed by atoms with Crippen molar-refractivity contribution in [2.75, 3.05) is 0 Å². The smallest absolute Gasteiger partial charge is 0.0703 e. The van der Waals surface area contributed by atoms with Crippen molar-refractivity contribution in [1.82, 2.24) is 14.1 Å². The maximum absolute atomic E-state index is 4.93. The van der Waals surface area contributed by atoms with Gasteiger partial charge < -0.3 is 9.13 Å². The molecule has 0 amide bonds. The average molecular weight is 734 g/mol. The molecular weight excluding hydrogens is 703 g/mol. The second-order valence-electron chi connectivity index (χ2n) is 15.8. The largest absolute Gasteiger partial charge is 0.309 e. The van der Waals surface area contributed by atoms with Gasteiger partial charge in [-0.2, -0.15) is 0 Å². The van der Waals surface area contributed by atoms with E-state index in [1.165, 1.54) is 110 Å². The number of benzene rings is 9. The predicted octanol–water partition coefficient (Wildman–Crippen LogP) is 14.5. The zero-order valence-electron chi connectivity index (χ0n) is 31.2. The molecule has 0 radical (unpaired) electrons. The van der Waals surface area contributed by atoms with Gasteiger partial charge in [0.05, 0.1) is 27.8 Å². The van der Waals surface area contributed by atoms with E-state index in [0.717, 1.165) is 22.6 Å². The van der Waals surface area contributed by atoms with E-state index in [4.69, 9.17) is 4.98 Å². The molecule has 3 aromatic heterocycles. The summed E-state index contributed by atoms with van der Waals surface area (Å²) in [6.07, 6.45) is 1.90. The maximum atomic E-state index is 4.93. The van der Waals surface area contributed by atoms with Crippen LogP contribution in [0.1, 0.15) is 0 Å². The Balaban J connectivity index is 1.13. The first-order valence-corrected chi connectivity index (χ1v) is 20.0. The van der Waals surface area contributed by atoms with E-state index in [9.17, 15) is 0 Å². The molecule has 0 bridgehead atoms. The predicted molar refractivity (Wildman–Crippen MR) is 242 cm³/mol. The number of aromatic nitrogens is 3. The lowest BCUT2D eigenvalue weighted by Crippen LogP contribution is -2.01. The van der Waals surface area contributed by atoms with Crippen LogP contribution in [0, 0.1) is 0 Å². The van der Waals surface area contributed by atoms with Gasteiger partial charge in [-0.3, -0.25) is 4.98 Å². The summed E-state index contributed by atoms with van der Waals surface area (Å²) in [5, 5.41) is 10.4. The number of hydrogen-bond donors (Lipinski definition) is 0. The van der Waals surface area contributed by atoms with E-state index < -0.39 is 0 Å². The first-order valence-electron chi connectivity index (χ1n) is 20.0. The van der Waals surface area contributed by atoms with Gasteiger partial charge in [0.15, 0.2) is 0 Å². The quantitative estimate of drug-likeness (QED) is 0.177. The van der Waals surface area contributed by atoms with Gasteiger partial charge in [-0.05, 0) is 121 Å². The van der Waals surface area contributed by atoms with Crippen LogP contribution in [0.4, 0.5) is 0 Å². The average Bonchev–Trinajstić information content (AvgIpc) is 4.01. The van der Waals surface area contributed by atoms with E-state index in [2.05, 4.69) is 185 Å². The van der Waals surface area contributed by atoms with Crippen LogP contribution in [0.2, 0.25) is 0 Å². The molecule has 3 heteroatoms. The molecule has 0 saturated carbocycles. The Hall–Kier alpha value is -7.75. The molecule has 14 rings (SSSR count). The van der Waals surface area contributed by atoms with Crippen LogP contribution in [0.5, 0.6) is 0 Å². The Morgan fingerprint density at radius 2 is 0.724 bits per heavy atom. The Morgan fingerprint density at radius 3 is 1.22 bits per heavy atom. The highest BCUT2D eigenvalue weighted by Gasteiger charge is 2.28. The molecule has 0 N–H and O–H groups in total. The highest BCUT2D eigenvalue weighted by Crippen LogP contribution is 2.53. The zero-order chi connectivity index (χ0) is 37.6. The fourth-order valence-electron chi connectivity index (χ4n) is 10.7. The van der Waals surface area contributed by atoms with Crippen molar-refractivity contribution in [3.05, 3.63) is 188 Å². The van der Waals surface area contributed by atoms with Gasteiger partial charge >= 0.3 is 0 Å². The minimum absolute atomic E-state index is 0.942. The molecule has 3 nitrogen and oxygen atoms in total. The maximum Gasteiger partial charge on any atom is 0.0703 e. The summed E-state index contributed by atoms with van der Waals surface area (Å²) in [5.74, 6) is 0. The summed E-state index contributed by atoms with van der Waals surface area (Å²) in [7, 11) is 0. The minimum Gasteiger partial charge on any atom is -0.309 e. The second-order valence-corrected chi connectivity index (χ2v) is 15.8. The van der Waals surface area contributed by atoms with E-state index >= 15 is 0 Å². The third kappa shape index (κ3) is 3.81. The molecule has 2 aliphatic rings. The number of nitrogens with zero attached hydrogens (tertiary/aromatic N) is 3. The molecule has 2 aliphatic carbocycles. The summed E-state index contributed by atoms with van der Waals surface area (Å²) in [4.78, 5) is 4.93. The number of fused-ring (bicyclic) bond motifs is 14. The summed E-state index contributed by atoms with van der Waals surface area (Å²) in [6.45, 7) is 0. The first-order chi connectivity index (χ1) is 28.8. The highest BCUT2D eigenvalue weighted by molar-refractivity contribution is 6.31. The molecule has 0 saturated heterocycles. The van der Waals surface area contributed by atoms with Gasteiger partial charge in [-0.25, -0.2) is 0 Å². The molecule has 0 atom stereocenters. The van der Waals surface area contributed by atoms with Crippen molar-refractivity contribution in [1.29, 1.82) is 0 Å². The molecule has 0 unspecified atom stereocenters. The van der Waals surface area contributed by atoms with Crippen molar-refractivity contribution < 1.29 is 0 Å². The summed E-state index contributed by atoms with van der Waals surface area (Å²) in [6, 6.07) is 67.4. The lowest BCUT2D eigenvalue weighted by atomic mass is 9.98. The van der Waals surface area contributed by atoms with Crippen LogP contribution in [0.3, 0.4) is 0 Å². The summed E-state index contributed by atoms with van der Waals surface area (Å²) >= 11 is 0. The molecular formula is C55H31N3. The first kappa shape index (κ1) is 30.5. The lowest BCUT2D eigenvalue weighted by Gasteiger charge is -2.16. The Morgan fingerprint density at radius 1 is 0.293 bits per heavy atom. The van der Waals surface area contributed by atoms with Gasteiger partial charge in [0, 0.05) is 44.7 Å². The van der Waals surface area contributed by atoms with Crippen LogP contribution in [-0.4, -0.2) is 14.1 Å². The molecule has 0 aliphatic heterocycles. The molecule has 3 heterocycles. The molecule has 9 aromatic carbocycles. The van der Waals surface area contributed by atoms with E-state index in [1.54, 1.807) is 0 Å². The van der Waals surface area contributed by atoms with Crippen LogP contribution in [-0.2, 0) is 0 Å². The standard InChI is InChI=1S/C55H31N3/c1-3-15-37-35(13-1)39-19-11-21-43-52(39)45(37)30-50-54(43)41-17-5-7-24-48(41)57(50)33-27-32(47-23-9-10-26-56-47)28-34(29-33)58-49-25-8-6-18-42(49)55-44-22-12-20-40-36-14-2-4-16-38(36)46(53(40)44)31-51(55)58/h1-31H. The van der Waals surface area contributed by atoms with Crippen molar-refractivity contribution in [2.24, 2.45) is 0 Å². The van der Waals surface area contributed by atoms with Crippen molar-refractivity contribution >= 4 is 65.2 Å². The van der Waals surface area contributed by atoms with Crippen LogP contribution >= 0.6 is 0 Å². The van der Waals surface area contributed by atoms with Crippen LogP contribution in [0.25, 0.3) is 132 Å². The van der Waals surface area contributed by atoms with E-state index in [0.29, 0.717) is 0 Å². The number of pyridine rings is 1. The van der Waals surface area contributed by atoms with Crippen molar-refractivity contribution in [3.63, 3.8) is 0 Å². The molecule has 266 valence electrons. The van der Waals surface area contributed by atoms with Gasteiger partial charge in [0.25, 0.3) is 0 Å². The third-order valence-electron chi connectivity index (χ3n) is 13.0. The van der Waals surface area contributed by atoms with Crippen molar-refractivity contribution in [3.8, 4) is 67.1 Å². The highest BCUT2D eigenvalue weighted by atomic mass is 15.0. The molecule has 0 fully saturated rings. The second kappa shape index (κ2) is 11.0. The Bertz CT molecular complexity index is 3560. The normalized spacial score (nSPS) is 12.5. The SMILES string of the molecule is c1ccc(-c2cc(-n3c4ccccc4c4c5cccc6c5c(cc43)-c3ccccc3-6)cc(-n3c4ccccc4c4c5cccc6c5c(cc43)-c3ccccc3-6)c2)nc1. The van der Waals surface area contributed by atoms with Crippen LogP contribution in [0.15, 0.2) is 188 Å². The zero-order valence-corrected chi connectivity index (χ0v) is 31.2. The fraction of sp³-hybridized carbons (Fsp3) is 0. The molecule has 12 aromatic rings. The minimum atomic E-state index is 0.942. The van der Waals surface area contributed by atoms with Gasteiger partial charge in [0.2, 0.25) is 0 Å². The lowest BCUT2D eigenvalue weighted by molar-refractivity contribution is 1.13. The number of para-hydroxylation sites is 2.